The lowest BCUT2D eigenvalue weighted by molar-refractivity contribution is 0.478. The molecule has 0 saturated heterocycles. The average Bonchev–Trinajstić information content (AvgIpc) is 2.33. The average molecular weight is 303 g/mol. The van der Waals surface area contributed by atoms with Crippen LogP contribution in [0.5, 0.6) is 11.5 Å². The van der Waals surface area contributed by atoms with Crippen LogP contribution >= 0.6 is 15.9 Å². The van der Waals surface area contributed by atoms with Crippen molar-refractivity contribution in [1.29, 1.82) is 5.26 Å². The van der Waals surface area contributed by atoms with Gasteiger partial charge in [0.15, 0.2) is 0 Å². The molecule has 18 heavy (non-hydrogen) atoms. The van der Waals surface area contributed by atoms with Crippen LogP contribution in [0.3, 0.4) is 0 Å². The molecular weight excluding hydrogens is 292 g/mol. The predicted molar refractivity (Wildman–Crippen MR) is 74.5 cm³/mol. The monoisotopic (exact) mass is 302 g/mol. The van der Waals surface area contributed by atoms with Gasteiger partial charge in [0.25, 0.3) is 0 Å². The SMILES string of the molecule is Cc1cc(N)ccc1Oc1ccc(C#N)c(Br)c1. The van der Waals surface area contributed by atoms with Crippen LogP contribution < -0.4 is 10.5 Å². The number of hydrogen-bond acceptors (Lipinski definition) is 3. The quantitative estimate of drug-likeness (QED) is 0.853. The van der Waals surface area contributed by atoms with Crippen molar-refractivity contribution < 1.29 is 4.74 Å². The molecule has 0 aliphatic rings. The van der Waals surface area contributed by atoms with Crippen LogP contribution in [-0.4, -0.2) is 0 Å². The van der Waals surface area contributed by atoms with E-state index < -0.39 is 0 Å². The number of hydrogen-bond donors (Lipinski definition) is 1. The number of halogens is 1. The highest BCUT2D eigenvalue weighted by molar-refractivity contribution is 9.10. The van der Waals surface area contributed by atoms with Crippen molar-refractivity contribution in [2.75, 3.05) is 5.73 Å². The third-order valence-corrected chi connectivity index (χ3v) is 3.14. The van der Waals surface area contributed by atoms with E-state index in [1.54, 1.807) is 24.3 Å². The molecule has 2 N–H and O–H groups in total. The summed E-state index contributed by atoms with van der Waals surface area (Å²) >= 11 is 3.33. The first-order chi connectivity index (χ1) is 8.60. The fourth-order valence-electron chi connectivity index (χ4n) is 1.56. The molecule has 0 aromatic heterocycles. The highest BCUT2D eigenvalue weighted by Crippen LogP contribution is 2.29. The van der Waals surface area contributed by atoms with Crippen LogP contribution in [0.15, 0.2) is 40.9 Å². The van der Waals surface area contributed by atoms with Gasteiger partial charge in [0, 0.05) is 10.2 Å². The molecule has 2 rings (SSSR count). The van der Waals surface area contributed by atoms with Crippen LogP contribution in [0.4, 0.5) is 5.69 Å². The first-order valence-electron chi connectivity index (χ1n) is 5.34. The lowest BCUT2D eigenvalue weighted by Gasteiger charge is -2.09. The van der Waals surface area contributed by atoms with Crippen LogP contribution in [-0.2, 0) is 0 Å². The number of benzene rings is 2. The van der Waals surface area contributed by atoms with Gasteiger partial charge in [-0.25, -0.2) is 0 Å². The minimum atomic E-state index is 0.580. The molecule has 0 atom stereocenters. The first kappa shape index (κ1) is 12.5. The van der Waals surface area contributed by atoms with Crippen molar-refractivity contribution in [1.82, 2.24) is 0 Å². The van der Waals surface area contributed by atoms with E-state index in [0.717, 1.165) is 15.8 Å². The van der Waals surface area contributed by atoms with Crippen LogP contribution in [0.25, 0.3) is 0 Å². The lowest BCUT2D eigenvalue weighted by atomic mass is 10.2. The number of rotatable bonds is 2. The Morgan fingerprint density at radius 1 is 1.22 bits per heavy atom. The van der Waals surface area contributed by atoms with Crippen molar-refractivity contribution >= 4 is 21.6 Å². The molecule has 0 aliphatic heterocycles. The zero-order valence-electron chi connectivity index (χ0n) is 9.77. The van der Waals surface area contributed by atoms with Gasteiger partial charge in [-0.15, -0.1) is 0 Å². The van der Waals surface area contributed by atoms with Gasteiger partial charge < -0.3 is 10.5 Å². The second-order valence-electron chi connectivity index (χ2n) is 3.88. The highest BCUT2D eigenvalue weighted by Gasteiger charge is 2.05. The zero-order chi connectivity index (χ0) is 13.1. The molecule has 0 spiro atoms. The Bertz CT molecular complexity index is 632. The fraction of sp³-hybridized carbons (Fsp3) is 0.0714. The summed E-state index contributed by atoms with van der Waals surface area (Å²) in [4.78, 5) is 0. The second kappa shape index (κ2) is 5.11. The summed E-state index contributed by atoms with van der Waals surface area (Å²) in [6.07, 6.45) is 0. The van der Waals surface area contributed by atoms with Crippen molar-refractivity contribution in [2.24, 2.45) is 0 Å². The summed E-state index contributed by atoms with van der Waals surface area (Å²) in [5, 5.41) is 8.84. The largest absolute Gasteiger partial charge is 0.457 e. The molecule has 0 heterocycles. The summed E-state index contributed by atoms with van der Waals surface area (Å²) in [5.74, 6) is 1.43. The number of nitrogens with two attached hydrogens (primary N) is 1. The van der Waals surface area contributed by atoms with E-state index >= 15 is 0 Å². The maximum Gasteiger partial charge on any atom is 0.130 e. The molecule has 2 aromatic rings. The van der Waals surface area contributed by atoms with Gasteiger partial charge in [-0.2, -0.15) is 5.26 Å². The van der Waals surface area contributed by atoms with Crippen molar-refractivity contribution in [2.45, 2.75) is 6.92 Å². The standard InChI is InChI=1S/C14H11BrN2O/c1-9-6-11(17)3-5-14(9)18-12-4-2-10(8-16)13(15)7-12/h2-7H,17H2,1H3. The number of nitrogens with zero attached hydrogens (tertiary/aromatic N) is 1. The Kier molecular flexibility index (Phi) is 3.54. The molecule has 0 bridgehead atoms. The summed E-state index contributed by atoms with van der Waals surface area (Å²) in [5.41, 5.74) is 7.94. The van der Waals surface area contributed by atoms with E-state index in [1.807, 2.05) is 19.1 Å². The van der Waals surface area contributed by atoms with Crippen molar-refractivity contribution in [3.05, 3.63) is 52.0 Å². The van der Waals surface area contributed by atoms with Crippen LogP contribution in [0, 0.1) is 18.3 Å². The summed E-state index contributed by atoms with van der Waals surface area (Å²) in [6, 6.07) is 12.8. The third-order valence-electron chi connectivity index (χ3n) is 2.49. The van der Waals surface area contributed by atoms with Gasteiger partial charge in [0.05, 0.1) is 5.56 Å². The molecule has 4 heteroatoms. The number of aryl methyl sites for hydroxylation is 1. The fourth-order valence-corrected chi connectivity index (χ4v) is 2.01. The van der Waals surface area contributed by atoms with Gasteiger partial charge in [0.2, 0.25) is 0 Å². The Morgan fingerprint density at radius 3 is 2.61 bits per heavy atom. The summed E-state index contributed by atoms with van der Waals surface area (Å²) in [6.45, 7) is 1.93. The van der Waals surface area contributed by atoms with E-state index in [0.29, 0.717) is 17.0 Å². The zero-order valence-corrected chi connectivity index (χ0v) is 11.4. The van der Waals surface area contributed by atoms with Gasteiger partial charge in [-0.3, -0.25) is 0 Å². The molecule has 0 unspecified atom stereocenters. The van der Waals surface area contributed by atoms with Crippen molar-refractivity contribution in [3.63, 3.8) is 0 Å². The van der Waals surface area contributed by atoms with E-state index in [2.05, 4.69) is 22.0 Å². The minimum Gasteiger partial charge on any atom is -0.457 e. The maximum atomic E-state index is 8.84. The molecular formula is C14H11BrN2O. The minimum absolute atomic E-state index is 0.580. The molecule has 0 saturated carbocycles. The third kappa shape index (κ3) is 2.63. The molecule has 0 amide bonds. The second-order valence-corrected chi connectivity index (χ2v) is 4.73. The Labute approximate surface area is 114 Å². The first-order valence-corrected chi connectivity index (χ1v) is 6.13. The molecule has 90 valence electrons. The number of nitriles is 1. The molecule has 0 radical (unpaired) electrons. The smallest absolute Gasteiger partial charge is 0.130 e. The highest BCUT2D eigenvalue weighted by atomic mass is 79.9. The normalized spacial score (nSPS) is 9.83. The molecule has 2 aromatic carbocycles. The number of ether oxygens (including phenoxy) is 1. The number of nitrogen functional groups attached to an aromatic ring is 1. The van der Waals surface area contributed by atoms with Gasteiger partial charge >= 0.3 is 0 Å². The Balaban J connectivity index is 2.29. The predicted octanol–water partition coefficient (Wildman–Crippen LogP) is 4.00. The van der Waals surface area contributed by atoms with E-state index in [4.69, 9.17) is 15.7 Å². The van der Waals surface area contributed by atoms with E-state index in [9.17, 15) is 0 Å². The van der Waals surface area contributed by atoms with E-state index in [-0.39, 0.29) is 0 Å². The van der Waals surface area contributed by atoms with Crippen LogP contribution in [0.1, 0.15) is 11.1 Å². The van der Waals surface area contributed by atoms with Crippen LogP contribution in [0.2, 0.25) is 0 Å². The summed E-state index contributed by atoms with van der Waals surface area (Å²) < 4.78 is 6.47. The summed E-state index contributed by atoms with van der Waals surface area (Å²) in [7, 11) is 0. The molecule has 0 fully saturated rings. The van der Waals surface area contributed by atoms with Gasteiger partial charge in [-0.1, -0.05) is 0 Å². The maximum absolute atomic E-state index is 8.84. The number of anilines is 1. The van der Waals surface area contributed by atoms with Crippen molar-refractivity contribution in [3.8, 4) is 17.6 Å². The van der Waals surface area contributed by atoms with Gasteiger partial charge in [0.1, 0.15) is 17.6 Å². The lowest BCUT2D eigenvalue weighted by Crippen LogP contribution is -1.91. The van der Waals surface area contributed by atoms with Gasteiger partial charge in [-0.05, 0) is 64.8 Å². The Hall–Kier alpha value is -1.99. The molecule has 3 nitrogen and oxygen atoms in total. The topological polar surface area (TPSA) is 59.0 Å². The Morgan fingerprint density at radius 2 is 2.00 bits per heavy atom. The molecule has 0 aliphatic carbocycles. The van der Waals surface area contributed by atoms with E-state index in [1.165, 1.54) is 0 Å².